The van der Waals surface area contributed by atoms with Crippen LogP contribution in [0, 0.1) is 21.7 Å². The molecule has 59 heavy (non-hydrogen) atoms. The third kappa shape index (κ3) is 7.10. The van der Waals surface area contributed by atoms with Crippen LogP contribution in [0.2, 0.25) is 0 Å². The Morgan fingerprint density at radius 2 is 1.39 bits per heavy atom. The van der Waals surface area contributed by atoms with Crippen molar-refractivity contribution < 1.29 is 26.9 Å². The summed E-state index contributed by atoms with van der Waals surface area (Å²) < 4.78 is 58.4. The van der Waals surface area contributed by atoms with Crippen molar-refractivity contribution in [3.8, 4) is 0 Å². The maximum Gasteiger partial charge on any atom is 0.284 e. The average molecular weight is 813 g/mol. The standard InChI is InChI=1S/C45H38F2N6O5S/c1-50-23-22-36(29-50)51(2)35-18-20-39(42(27-35)53(55)56)44(54)48-43-40-28-37(59(57,58)38-25-33(46)24-34(47)26-38)19-21-41(40)52(49-43)45(30-12-6-3-7-13-30,31-14-8-4-9-15-31)32-16-10-5-11-17-32/h3-21,24-28,36H,22-23,29H2,1-2H3,(H,48,49,54). The lowest BCUT2D eigenvalue weighted by Gasteiger charge is -2.37. The summed E-state index contributed by atoms with van der Waals surface area (Å²) in [6.07, 6.45) is 0.876. The second-order valence-electron chi connectivity index (χ2n) is 14.6. The number of benzene rings is 6. The Balaban J connectivity index is 1.35. The number of anilines is 2. The summed E-state index contributed by atoms with van der Waals surface area (Å²) in [5.41, 5.74) is 1.37. The molecule has 0 aliphatic carbocycles. The van der Waals surface area contributed by atoms with E-state index in [1.807, 2.05) is 110 Å². The molecule has 1 fully saturated rings. The Kier molecular flexibility index (Phi) is 10.3. The Labute approximate surface area is 339 Å². The van der Waals surface area contributed by atoms with E-state index in [0.29, 0.717) is 17.3 Å². The number of nitro benzene ring substituents is 1. The Morgan fingerprint density at radius 3 is 1.92 bits per heavy atom. The van der Waals surface area contributed by atoms with Gasteiger partial charge in [0, 0.05) is 42.8 Å². The smallest absolute Gasteiger partial charge is 0.284 e. The van der Waals surface area contributed by atoms with E-state index in [1.165, 1.54) is 30.3 Å². The zero-order chi connectivity index (χ0) is 41.5. The van der Waals surface area contributed by atoms with Crippen LogP contribution in [-0.2, 0) is 15.4 Å². The number of nitrogens with zero attached hydrogens (tertiary/aromatic N) is 5. The van der Waals surface area contributed by atoms with Crippen LogP contribution >= 0.6 is 0 Å². The van der Waals surface area contributed by atoms with Crippen molar-refractivity contribution in [2.75, 3.05) is 37.4 Å². The Bertz CT molecular complexity index is 2710. The van der Waals surface area contributed by atoms with Crippen LogP contribution in [0.3, 0.4) is 0 Å². The number of aromatic nitrogens is 2. The second kappa shape index (κ2) is 15.5. The molecule has 0 spiro atoms. The summed E-state index contributed by atoms with van der Waals surface area (Å²) in [5.74, 6) is -3.11. The molecule has 1 amide bonds. The topological polar surface area (TPSA) is 131 Å². The molecule has 0 bridgehead atoms. The van der Waals surface area contributed by atoms with Crippen molar-refractivity contribution >= 4 is 43.8 Å². The highest BCUT2D eigenvalue weighted by molar-refractivity contribution is 7.91. The third-order valence-electron chi connectivity index (χ3n) is 11.0. The molecule has 1 aromatic heterocycles. The molecule has 0 radical (unpaired) electrons. The number of hydrogen-bond donors (Lipinski definition) is 1. The van der Waals surface area contributed by atoms with Gasteiger partial charge in [-0.2, -0.15) is 5.10 Å². The summed E-state index contributed by atoms with van der Waals surface area (Å²) >= 11 is 0. The maximum atomic E-state index is 14.3. The van der Waals surface area contributed by atoms with Crippen LogP contribution in [0.4, 0.5) is 26.0 Å². The molecular weight excluding hydrogens is 775 g/mol. The van der Waals surface area contributed by atoms with Crippen LogP contribution in [0.15, 0.2) is 155 Å². The first-order valence-electron chi connectivity index (χ1n) is 18.8. The lowest BCUT2D eigenvalue weighted by Crippen LogP contribution is -2.38. The molecule has 1 N–H and O–H groups in total. The number of amides is 1. The molecule has 0 saturated carbocycles. The van der Waals surface area contributed by atoms with Gasteiger partial charge in [0.2, 0.25) is 9.84 Å². The van der Waals surface area contributed by atoms with Gasteiger partial charge < -0.3 is 15.1 Å². The van der Waals surface area contributed by atoms with E-state index in [4.69, 9.17) is 5.10 Å². The molecule has 1 unspecified atom stereocenters. The van der Waals surface area contributed by atoms with Gasteiger partial charge in [0.25, 0.3) is 11.6 Å². The molecule has 2 heterocycles. The molecular formula is C45H38F2N6O5S. The first-order chi connectivity index (χ1) is 28.4. The van der Waals surface area contributed by atoms with Crippen LogP contribution < -0.4 is 10.2 Å². The minimum absolute atomic E-state index is 0.107. The average Bonchev–Trinajstić information content (AvgIpc) is 3.84. The first kappa shape index (κ1) is 39.1. The molecule has 6 aromatic carbocycles. The van der Waals surface area contributed by atoms with Crippen molar-refractivity contribution in [2.45, 2.75) is 27.8 Å². The van der Waals surface area contributed by atoms with Gasteiger partial charge in [-0.25, -0.2) is 21.9 Å². The van der Waals surface area contributed by atoms with Crippen LogP contribution in [0.5, 0.6) is 0 Å². The first-order valence-corrected chi connectivity index (χ1v) is 20.3. The molecule has 7 aromatic rings. The number of carbonyl (C=O) groups excluding carboxylic acids is 1. The molecule has 1 saturated heterocycles. The van der Waals surface area contributed by atoms with E-state index in [1.54, 1.807) is 10.7 Å². The molecule has 298 valence electrons. The fourth-order valence-corrected chi connectivity index (χ4v) is 9.36. The summed E-state index contributed by atoms with van der Waals surface area (Å²) in [7, 11) is -0.647. The number of likely N-dealkylation sites (N-methyl/N-ethyl adjacent to an activating group) is 2. The summed E-state index contributed by atoms with van der Waals surface area (Å²) in [6.45, 7) is 1.67. The summed E-state index contributed by atoms with van der Waals surface area (Å²) in [5, 5.41) is 20.5. The second-order valence-corrected chi connectivity index (χ2v) is 16.5. The normalized spacial score (nSPS) is 14.7. The predicted molar refractivity (Wildman–Crippen MR) is 222 cm³/mol. The van der Waals surface area contributed by atoms with Crippen LogP contribution in [0.1, 0.15) is 33.5 Å². The number of sulfone groups is 1. The van der Waals surface area contributed by atoms with Crippen molar-refractivity contribution in [3.63, 3.8) is 0 Å². The van der Waals surface area contributed by atoms with Gasteiger partial charge in [-0.05, 0) is 79.2 Å². The van der Waals surface area contributed by atoms with Gasteiger partial charge in [0.1, 0.15) is 22.7 Å². The third-order valence-corrected chi connectivity index (χ3v) is 12.7. The van der Waals surface area contributed by atoms with Gasteiger partial charge in [0.15, 0.2) is 5.82 Å². The van der Waals surface area contributed by atoms with E-state index in [0.717, 1.165) is 48.3 Å². The van der Waals surface area contributed by atoms with E-state index < -0.39 is 48.4 Å². The molecule has 8 rings (SSSR count). The van der Waals surface area contributed by atoms with Crippen molar-refractivity contribution in [1.82, 2.24) is 14.7 Å². The Morgan fingerprint density at radius 1 is 0.814 bits per heavy atom. The fourth-order valence-electron chi connectivity index (χ4n) is 8.03. The van der Waals surface area contributed by atoms with Gasteiger partial charge in [0.05, 0.1) is 20.2 Å². The molecule has 14 heteroatoms. The molecule has 1 aliphatic heterocycles. The van der Waals surface area contributed by atoms with E-state index in [9.17, 15) is 32.1 Å². The van der Waals surface area contributed by atoms with E-state index in [2.05, 4.69) is 10.2 Å². The fraction of sp³-hybridized carbons (Fsp3) is 0.156. The number of nitrogens with one attached hydrogen (secondary N) is 1. The highest BCUT2D eigenvalue weighted by atomic mass is 32.2. The van der Waals surface area contributed by atoms with Gasteiger partial charge in [-0.3, -0.25) is 14.9 Å². The van der Waals surface area contributed by atoms with E-state index in [-0.39, 0.29) is 27.7 Å². The largest absolute Gasteiger partial charge is 0.370 e. The SMILES string of the molecule is CN1CCC(N(C)c2ccc(C(=O)Nc3nn(C(c4ccccc4)(c4ccccc4)c4ccccc4)c4ccc(S(=O)(=O)c5cc(F)cc(F)c5)cc34)c([N+](=O)[O-])c2)C1. The number of hydrogen-bond acceptors (Lipinski definition) is 8. The van der Waals surface area contributed by atoms with Gasteiger partial charge in [-0.15, -0.1) is 0 Å². The quantitative estimate of drug-likeness (QED) is 0.0785. The lowest BCUT2D eigenvalue weighted by atomic mass is 9.77. The number of halogens is 2. The van der Waals surface area contributed by atoms with Crippen LogP contribution in [-0.4, -0.2) is 67.2 Å². The summed E-state index contributed by atoms with van der Waals surface area (Å²) in [6, 6.07) is 39.3. The number of likely N-dealkylation sites (tertiary alicyclic amines) is 1. The minimum Gasteiger partial charge on any atom is -0.370 e. The summed E-state index contributed by atoms with van der Waals surface area (Å²) in [4.78, 5) is 29.5. The van der Waals surface area contributed by atoms with Crippen molar-refractivity contribution in [1.29, 1.82) is 0 Å². The van der Waals surface area contributed by atoms with Gasteiger partial charge in [-0.1, -0.05) is 91.0 Å². The molecule has 1 aliphatic rings. The van der Waals surface area contributed by atoms with Crippen LogP contribution in [0.25, 0.3) is 10.9 Å². The lowest BCUT2D eigenvalue weighted by molar-refractivity contribution is -0.385. The highest BCUT2D eigenvalue weighted by Crippen LogP contribution is 2.44. The molecule has 1 atom stereocenters. The zero-order valence-corrected chi connectivity index (χ0v) is 32.8. The maximum absolute atomic E-state index is 14.3. The van der Waals surface area contributed by atoms with E-state index >= 15 is 0 Å². The molecule has 11 nitrogen and oxygen atoms in total. The number of carbonyl (C=O) groups is 1. The minimum atomic E-state index is -4.52. The Hall–Kier alpha value is -6.77. The number of rotatable bonds is 11. The predicted octanol–water partition coefficient (Wildman–Crippen LogP) is 8.29. The van der Waals surface area contributed by atoms with Crippen molar-refractivity contribution in [2.24, 2.45) is 0 Å². The monoisotopic (exact) mass is 812 g/mol. The zero-order valence-electron chi connectivity index (χ0n) is 32.0. The number of fused-ring (bicyclic) bond motifs is 1. The highest BCUT2D eigenvalue weighted by Gasteiger charge is 2.41. The number of nitro groups is 1. The van der Waals surface area contributed by atoms with Crippen molar-refractivity contribution in [3.05, 3.63) is 190 Å². The van der Waals surface area contributed by atoms with Gasteiger partial charge >= 0.3 is 0 Å².